The first-order chi connectivity index (χ1) is 11.3. The molecular weight excluding hydrogens is 286 g/mol. The van der Waals surface area contributed by atoms with Gasteiger partial charge in [-0.2, -0.15) is 4.48 Å². The molecule has 3 nitrogen and oxygen atoms in total. The molecule has 0 bridgehead atoms. The van der Waals surface area contributed by atoms with Crippen LogP contribution in [0.2, 0.25) is 0 Å². The maximum Gasteiger partial charge on any atom is 0.316 e. The van der Waals surface area contributed by atoms with E-state index in [4.69, 9.17) is 0 Å². The summed E-state index contributed by atoms with van der Waals surface area (Å²) >= 11 is 0. The molecule has 0 aliphatic rings. The van der Waals surface area contributed by atoms with Gasteiger partial charge >= 0.3 is 6.41 Å². The third kappa shape index (κ3) is 2.58. The monoisotopic (exact) mass is 302 g/mol. The highest BCUT2D eigenvalue weighted by Crippen LogP contribution is 2.41. The van der Waals surface area contributed by atoms with E-state index in [1.807, 2.05) is 72.8 Å². The van der Waals surface area contributed by atoms with Crippen molar-refractivity contribution in [3.63, 3.8) is 0 Å². The van der Waals surface area contributed by atoms with Gasteiger partial charge in [0.05, 0.1) is 0 Å². The fraction of sp³-hybridized carbons (Fsp3) is 0. The molecule has 3 heteroatoms. The van der Waals surface area contributed by atoms with Crippen LogP contribution in [0.5, 0.6) is 0 Å². The van der Waals surface area contributed by atoms with E-state index >= 15 is 0 Å². The van der Waals surface area contributed by atoms with Crippen molar-refractivity contribution in [1.82, 2.24) is 4.48 Å². The SMILES string of the molecule is O=Cc1ccc([N+](C=O)(c2ccccc2)c2ccccc2)cc1. The standard InChI is InChI=1S/C20H16NO2/c22-15-17-11-13-20(14-12-17)21(16-23,18-7-3-1-4-8-18)19-9-5-2-6-10-19/h1-16H/q+1. The molecule has 0 spiro atoms. The normalized spacial score (nSPS) is 11.0. The molecule has 23 heavy (non-hydrogen) atoms. The summed E-state index contributed by atoms with van der Waals surface area (Å²) in [5, 5.41) is 0. The number of nitrogens with zero attached hydrogens (tertiary/aromatic N) is 1. The molecule has 0 radical (unpaired) electrons. The number of aldehydes is 1. The predicted octanol–water partition coefficient (Wildman–Crippen LogP) is 4.63. The van der Waals surface area contributed by atoms with Crippen LogP contribution in [0.3, 0.4) is 0 Å². The van der Waals surface area contributed by atoms with E-state index in [1.165, 1.54) is 0 Å². The fourth-order valence-corrected chi connectivity index (χ4v) is 2.74. The molecule has 0 atom stereocenters. The summed E-state index contributed by atoms with van der Waals surface area (Å²) in [6.45, 7) is 0. The van der Waals surface area contributed by atoms with Crippen molar-refractivity contribution < 1.29 is 9.59 Å². The second kappa shape index (κ2) is 6.38. The molecule has 0 aliphatic carbocycles. The van der Waals surface area contributed by atoms with Crippen LogP contribution in [0.25, 0.3) is 0 Å². The molecule has 0 saturated heterocycles. The highest BCUT2D eigenvalue weighted by atomic mass is 16.1. The second-order valence-corrected chi connectivity index (χ2v) is 5.21. The molecule has 1 amide bonds. The molecule has 0 unspecified atom stereocenters. The average Bonchev–Trinajstić information content (AvgIpc) is 2.65. The lowest BCUT2D eigenvalue weighted by molar-refractivity contribution is -0.113. The lowest BCUT2D eigenvalue weighted by Crippen LogP contribution is -2.37. The first kappa shape index (κ1) is 14.9. The van der Waals surface area contributed by atoms with Gasteiger partial charge in [-0.3, -0.25) is 4.79 Å². The van der Waals surface area contributed by atoms with Crippen LogP contribution < -0.4 is 4.48 Å². The van der Waals surface area contributed by atoms with Gasteiger partial charge in [0.25, 0.3) is 0 Å². The Morgan fingerprint density at radius 3 is 1.39 bits per heavy atom. The molecule has 0 heterocycles. The van der Waals surface area contributed by atoms with Gasteiger partial charge in [0.2, 0.25) is 0 Å². The lowest BCUT2D eigenvalue weighted by atomic mass is 10.1. The maximum absolute atomic E-state index is 12.3. The number of hydrogen-bond acceptors (Lipinski definition) is 2. The molecule has 0 aliphatic heterocycles. The summed E-state index contributed by atoms with van der Waals surface area (Å²) in [5.41, 5.74) is 3.04. The minimum atomic E-state index is -0.0547. The first-order valence-corrected chi connectivity index (χ1v) is 7.33. The van der Waals surface area contributed by atoms with E-state index in [-0.39, 0.29) is 4.48 Å². The Hall–Kier alpha value is -3.04. The molecule has 0 N–H and O–H groups in total. The molecule has 0 aromatic heterocycles. The summed E-state index contributed by atoms with van der Waals surface area (Å²) in [4.78, 5) is 23.2. The number of quaternary nitrogens is 1. The average molecular weight is 302 g/mol. The van der Waals surface area contributed by atoms with Crippen molar-refractivity contribution in [3.05, 3.63) is 90.5 Å². The second-order valence-electron chi connectivity index (χ2n) is 5.21. The minimum absolute atomic E-state index is 0.0547. The molecule has 112 valence electrons. The van der Waals surface area contributed by atoms with Crippen molar-refractivity contribution in [3.8, 4) is 0 Å². The Morgan fingerprint density at radius 1 is 0.565 bits per heavy atom. The van der Waals surface area contributed by atoms with Crippen LogP contribution in [-0.4, -0.2) is 12.7 Å². The van der Waals surface area contributed by atoms with Crippen LogP contribution in [0.1, 0.15) is 10.4 Å². The molecule has 3 aromatic carbocycles. The van der Waals surface area contributed by atoms with Crippen molar-refractivity contribution in [2.75, 3.05) is 0 Å². The summed E-state index contributed by atoms with van der Waals surface area (Å²) in [5.74, 6) is 0. The summed E-state index contributed by atoms with van der Waals surface area (Å²) in [6, 6.07) is 26.3. The number of carbonyl (C=O) groups is 2. The Labute approximate surface area is 135 Å². The topological polar surface area (TPSA) is 34.1 Å². The zero-order chi connectivity index (χ0) is 16.1. The number of para-hydroxylation sites is 2. The van der Waals surface area contributed by atoms with Crippen LogP contribution in [0.4, 0.5) is 17.1 Å². The quantitative estimate of drug-likeness (QED) is 0.509. The van der Waals surface area contributed by atoms with E-state index < -0.39 is 0 Å². The Kier molecular flexibility index (Phi) is 4.13. The third-order valence-electron chi connectivity index (χ3n) is 3.92. The van der Waals surface area contributed by atoms with Crippen molar-refractivity contribution >= 4 is 29.8 Å². The fourth-order valence-electron chi connectivity index (χ4n) is 2.74. The van der Waals surface area contributed by atoms with Gasteiger partial charge in [-0.15, -0.1) is 0 Å². The van der Waals surface area contributed by atoms with E-state index in [9.17, 15) is 9.59 Å². The van der Waals surface area contributed by atoms with E-state index in [0.29, 0.717) is 5.56 Å². The summed E-state index contributed by atoms with van der Waals surface area (Å²) in [7, 11) is 0. The highest BCUT2D eigenvalue weighted by Gasteiger charge is 2.36. The van der Waals surface area contributed by atoms with Gasteiger partial charge < -0.3 is 0 Å². The minimum Gasteiger partial charge on any atom is -0.298 e. The zero-order valence-corrected chi connectivity index (χ0v) is 12.5. The van der Waals surface area contributed by atoms with Crippen molar-refractivity contribution in [2.45, 2.75) is 0 Å². The third-order valence-corrected chi connectivity index (χ3v) is 3.92. The van der Waals surface area contributed by atoms with E-state index in [0.717, 1.165) is 29.8 Å². The van der Waals surface area contributed by atoms with Crippen LogP contribution in [0, 0.1) is 0 Å². The van der Waals surface area contributed by atoms with Gasteiger partial charge in [0.15, 0.2) is 0 Å². The number of amides is 1. The van der Waals surface area contributed by atoms with Crippen molar-refractivity contribution in [1.29, 1.82) is 0 Å². The lowest BCUT2D eigenvalue weighted by Gasteiger charge is -2.30. The molecular formula is C20H16NO2+. The van der Waals surface area contributed by atoms with Gasteiger partial charge in [-0.05, 0) is 12.1 Å². The molecule has 0 fully saturated rings. The van der Waals surface area contributed by atoms with E-state index in [2.05, 4.69) is 0 Å². The predicted molar refractivity (Wildman–Crippen MR) is 91.9 cm³/mol. The summed E-state index contributed by atoms with van der Waals surface area (Å²) < 4.78 is -0.0547. The first-order valence-electron chi connectivity index (χ1n) is 7.33. The number of rotatable bonds is 5. The molecule has 0 saturated carbocycles. The Morgan fingerprint density at radius 2 is 1.00 bits per heavy atom. The van der Waals surface area contributed by atoms with E-state index in [1.54, 1.807) is 12.1 Å². The summed E-state index contributed by atoms with van der Waals surface area (Å²) in [6.07, 6.45) is 1.71. The number of benzene rings is 3. The maximum atomic E-state index is 12.3. The van der Waals surface area contributed by atoms with Gasteiger partial charge in [-0.1, -0.05) is 36.4 Å². The zero-order valence-electron chi connectivity index (χ0n) is 12.5. The van der Waals surface area contributed by atoms with Gasteiger partial charge in [0, 0.05) is 42.0 Å². The largest absolute Gasteiger partial charge is 0.316 e. The van der Waals surface area contributed by atoms with Crippen LogP contribution >= 0.6 is 0 Å². The van der Waals surface area contributed by atoms with Gasteiger partial charge in [-0.25, -0.2) is 4.79 Å². The Bertz CT molecular complexity index is 757. The van der Waals surface area contributed by atoms with Gasteiger partial charge in [0.1, 0.15) is 23.3 Å². The van der Waals surface area contributed by atoms with Crippen LogP contribution in [0.15, 0.2) is 84.9 Å². The molecule has 3 rings (SSSR count). The Balaban J connectivity index is 2.28. The smallest absolute Gasteiger partial charge is 0.298 e. The number of carbonyl (C=O) groups excluding carboxylic acids is 2. The molecule has 3 aromatic rings. The highest BCUT2D eigenvalue weighted by molar-refractivity contribution is 5.90. The number of hydrogen-bond donors (Lipinski definition) is 0. The van der Waals surface area contributed by atoms with Crippen LogP contribution in [-0.2, 0) is 4.79 Å². The van der Waals surface area contributed by atoms with Crippen molar-refractivity contribution in [2.24, 2.45) is 0 Å².